The van der Waals surface area contributed by atoms with Crippen molar-refractivity contribution in [3.63, 3.8) is 0 Å². The van der Waals surface area contributed by atoms with E-state index in [4.69, 9.17) is 16.2 Å². The number of amides is 3. The Bertz CT molecular complexity index is 1340. The third kappa shape index (κ3) is 6.90. The lowest BCUT2D eigenvalue weighted by molar-refractivity contribution is -0.120. The van der Waals surface area contributed by atoms with Crippen molar-refractivity contribution in [1.82, 2.24) is 9.97 Å². The Morgan fingerprint density at radius 1 is 1.05 bits per heavy atom. The molecule has 3 amide bonds. The number of nitrogens with one attached hydrogen (secondary N) is 1. The number of aromatic nitrogens is 2. The van der Waals surface area contributed by atoms with Crippen molar-refractivity contribution in [3.8, 4) is 17.1 Å². The number of anilines is 2. The lowest BCUT2D eigenvalue weighted by Crippen LogP contribution is -2.33. The van der Waals surface area contributed by atoms with E-state index in [-0.39, 0.29) is 29.9 Å². The normalized spacial score (nSPS) is 14.1. The number of ether oxygens (including phenoxy) is 1. The van der Waals surface area contributed by atoms with E-state index >= 15 is 0 Å². The molecule has 0 spiro atoms. The average molecular weight is 533 g/mol. The minimum Gasteiger partial charge on any atom is -0.483 e. The third-order valence-electron chi connectivity index (χ3n) is 6.45. The molecule has 10 nitrogen and oxygen atoms in total. The van der Waals surface area contributed by atoms with Gasteiger partial charge < -0.3 is 26.4 Å². The molecule has 2 heterocycles. The zero-order valence-corrected chi connectivity index (χ0v) is 23.0. The Morgan fingerprint density at radius 3 is 2.36 bits per heavy atom. The van der Waals surface area contributed by atoms with Crippen LogP contribution < -0.4 is 26.4 Å². The second-order valence-corrected chi connectivity index (χ2v) is 9.09. The molecule has 206 valence electrons. The van der Waals surface area contributed by atoms with Crippen LogP contribution in [0.4, 0.5) is 11.5 Å². The Labute approximate surface area is 228 Å². The second-order valence-electron chi connectivity index (χ2n) is 9.09. The molecule has 0 saturated heterocycles. The second kappa shape index (κ2) is 12.9. The smallest absolute Gasteiger partial charge is 0.267 e. The van der Waals surface area contributed by atoms with Gasteiger partial charge in [-0.15, -0.1) is 0 Å². The Hall–Kier alpha value is -4.47. The van der Waals surface area contributed by atoms with Gasteiger partial charge >= 0.3 is 0 Å². The van der Waals surface area contributed by atoms with E-state index in [1.807, 2.05) is 19.9 Å². The predicted octanol–water partition coefficient (Wildman–Crippen LogP) is 3.99. The predicted molar refractivity (Wildman–Crippen MR) is 151 cm³/mol. The van der Waals surface area contributed by atoms with Crippen molar-refractivity contribution in [2.75, 3.05) is 16.8 Å². The molecule has 0 fully saturated rings. The lowest BCUT2D eigenvalue weighted by Gasteiger charge is -2.21. The van der Waals surface area contributed by atoms with Gasteiger partial charge in [0.1, 0.15) is 23.3 Å². The lowest BCUT2D eigenvalue weighted by atomic mass is 9.96. The number of rotatable bonds is 8. The first-order chi connectivity index (χ1) is 18.7. The molecule has 2 atom stereocenters. The highest BCUT2D eigenvalue weighted by Gasteiger charge is 2.24. The maximum Gasteiger partial charge on any atom is 0.267 e. The van der Waals surface area contributed by atoms with Crippen LogP contribution in [0.25, 0.3) is 11.4 Å². The molecule has 0 bridgehead atoms. The first-order valence-electron chi connectivity index (χ1n) is 13.1. The fraction of sp³-hybridized carbons (Fsp3) is 0.345. The summed E-state index contributed by atoms with van der Waals surface area (Å²) in [6.07, 6.45) is 1.02. The van der Waals surface area contributed by atoms with E-state index in [1.54, 1.807) is 36.1 Å². The number of benzene rings is 2. The van der Waals surface area contributed by atoms with Crippen molar-refractivity contribution < 1.29 is 19.1 Å². The number of hydrogen-bond donors (Lipinski definition) is 3. The summed E-state index contributed by atoms with van der Waals surface area (Å²) >= 11 is 0. The molecule has 3 aromatic rings. The molecule has 0 aliphatic carbocycles. The van der Waals surface area contributed by atoms with Crippen LogP contribution in [0, 0.1) is 0 Å². The van der Waals surface area contributed by atoms with Crippen molar-refractivity contribution in [2.24, 2.45) is 11.5 Å². The van der Waals surface area contributed by atoms with E-state index in [0.717, 1.165) is 12.0 Å². The molecular formula is C29H36N6O4. The Kier molecular flexibility index (Phi) is 9.59. The molecule has 1 aliphatic rings. The van der Waals surface area contributed by atoms with E-state index in [2.05, 4.69) is 41.3 Å². The van der Waals surface area contributed by atoms with Crippen LogP contribution in [0.5, 0.6) is 5.75 Å². The van der Waals surface area contributed by atoms with Crippen LogP contribution in [-0.2, 0) is 16.1 Å². The Morgan fingerprint density at radius 2 is 1.74 bits per heavy atom. The summed E-state index contributed by atoms with van der Waals surface area (Å²) in [6, 6.07) is 13.8. The topological polar surface area (TPSA) is 154 Å². The first kappa shape index (κ1) is 29.1. The molecule has 2 aromatic carbocycles. The largest absolute Gasteiger partial charge is 0.483 e. The number of carbonyl (C=O) groups excluding carboxylic acids is 3. The van der Waals surface area contributed by atoms with Gasteiger partial charge in [-0.25, -0.2) is 9.97 Å². The monoisotopic (exact) mass is 532 g/mol. The van der Waals surface area contributed by atoms with Gasteiger partial charge in [-0.05, 0) is 55.2 Å². The minimum atomic E-state index is -0.736. The highest BCUT2D eigenvalue weighted by atomic mass is 16.5. The molecular weight excluding hydrogens is 496 g/mol. The quantitative estimate of drug-likeness (QED) is 0.396. The highest BCUT2D eigenvalue weighted by molar-refractivity contribution is 5.95. The molecule has 39 heavy (non-hydrogen) atoms. The number of nitrogens with zero attached hydrogens (tertiary/aromatic N) is 3. The van der Waals surface area contributed by atoms with Gasteiger partial charge in [-0.3, -0.25) is 14.4 Å². The van der Waals surface area contributed by atoms with Gasteiger partial charge in [0.05, 0.1) is 6.54 Å². The molecule has 10 heteroatoms. The summed E-state index contributed by atoms with van der Waals surface area (Å²) in [5, 5.41) is 2.85. The summed E-state index contributed by atoms with van der Waals surface area (Å²) in [7, 11) is 0. The maximum absolute atomic E-state index is 12.9. The standard InChI is InChI=1S/C27H30N6O4.C2H6/c1-4-15(2)18-7-10-22-19(11-18)13-33(24(34)14-37-22)20-8-5-17(6-9-20)27-31-21(26(29)36)12-23(32-27)30-16(3)25(28)35;1-2/h5-12,15-16H,4,13-14H2,1-3H3,(H2,28,35)(H2,29,36)(H,30,31,32);1-2H3. The van der Waals surface area contributed by atoms with Gasteiger partial charge in [0.2, 0.25) is 5.91 Å². The summed E-state index contributed by atoms with van der Waals surface area (Å²) in [5.41, 5.74) is 14.2. The molecule has 1 aromatic heterocycles. The van der Waals surface area contributed by atoms with Crippen LogP contribution in [0.15, 0.2) is 48.5 Å². The third-order valence-corrected chi connectivity index (χ3v) is 6.45. The number of fused-ring (bicyclic) bond motifs is 1. The molecule has 2 unspecified atom stereocenters. The summed E-state index contributed by atoms with van der Waals surface area (Å²) in [4.78, 5) is 46.5. The molecule has 0 saturated carbocycles. The number of primary amides is 2. The number of hydrogen-bond acceptors (Lipinski definition) is 7. The van der Waals surface area contributed by atoms with Crippen LogP contribution in [0.1, 0.15) is 68.6 Å². The molecule has 1 aliphatic heterocycles. The van der Waals surface area contributed by atoms with Gasteiger partial charge in [0.15, 0.2) is 12.4 Å². The SMILES string of the molecule is CC.CCC(C)c1ccc2c(c1)CN(c1ccc(-c3nc(NC(C)C(N)=O)cc(C(N)=O)n3)cc1)C(=O)CO2. The maximum atomic E-state index is 12.9. The van der Waals surface area contributed by atoms with Gasteiger partial charge in [0, 0.05) is 22.9 Å². The van der Waals surface area contributed by atoms with Gasteiger partial charge in [-0.1, -0.05) is 39.8 Å². The van der Waals surface area contributed by atoms with Crippen LogP contribution in [0.2, 0.25) is 0 Å². The van der Waals surface area contributed by atoms with Crippen molar-refractivity contribution in [2.45, 2.75) is 59.5 Å². The van der Waals surface area contributed by atoms with Gasteiger partial charge in [-0.2, -0.15) is 0 Å². The van der Waals surface area contributed by atoms with Crippen LogP contribution >= 0.6 is 0 Å². The molecule has 4 rings (SSSR count). The highest BCUT2D eigenvalue weighted by Crippen LogP contribution is 2.31. The van der Waals surface area contributed by atoms with Crippen LogP contribution in [-0.4, -0.2) is 40.3 Å². The molecule has 5 N–H and O–H groups in total. The summed E-state index contributed by atoms with van der Waals surface area (Å²) in [5.74, 6) is 0.112. The van der Waals surface area contributed by atoms with Crippen molar-refractivity contribution in [3.05, 3.63) is 65.4 Å². The zero-order valence-electron chi connectivity index (χ0n) is 23.0. The summed E-state index contributed by atoms with van der Waals surface area (Å²) < 4.78 is 5.78. The Balaban J connectivity index is 0.00000205. The zero-order chi connectivity index (χ0) is 28.7. The van der Waals surface area contributed by atoms with E-state index in [0.29, 0.717) is 29.5 Å². The van der Waals surface area contributed by atoms with Crippen molar-refractivity contribution in [1.29, 1.82) is 0 Å². The fourth-order valence-corrected chi connectivity index (χ4v) is 3.98. The van der Waals surface area contributed by atoms with E-state index in [1.165, 1.54) is 11.6 Å². The van der Waals surface area contributed by atoms with E-state index in [9.17, 15) is 14.4 Å². The van der Waals surface area contributed by atoms with E-state index < -0.39 is 17.9 Å². The molecule has 0 radical (unpaired) electrons. The van der Waals surface area contributed by atoms with Crippen LogP contribution in [0.3, 0.4) is 0 Å². The number of carbonyl (C=O) groups is 3. The summed E-state index contributed by atoms with van der Waals surface area (Å²) in [6.45, 7) is 10.2. The first-order valence-corrected chi connectivity index (χ1v) is 13.1. The van der Waals surface area contributed by atoms with Crippen molar-refractivity contribution >= 4 is 29.2 Å². The minimum absolute atomic E-state index is 0.0122. The number of nitrogens with two attached hydrogens (primary N) is 2. The average Bonchev–Trinajstić information content (AvgIpc) is 3.11. The fourth-order valence-electron chi connectivity index (χ4n) is 3.98. The van der Waals surface area contributed by atoms with Gasteiger partial charge in [0.25, 0.3) is 11.8 Å².